The fraction of sp³-hybridized carbons (Fsp3) is 1.00. The molecule has 12 heavy (non-hydrogen) atoms. The average molecular weight is 198 g/mol. The predicted octanol–water partition coefficient (Wildman–Crippen LogP) is 1.95. The van der Waals surface area contributed by atoms with Crippen molar-refractivity contribution in [1.29, 1.82) is 0 Å². The molecule has 0 amide bonds. The number of halogens is 1. The number of hydrogen-bond acceptors (Lipinski definition) is 3. The monoisotopic (exact) mass is 198 g/mol. The lowest BCUT2D eigenvalue weighted by Gasteiger charge is -2.36. The van der Waals surface area contributed by atoms with E-state index in [1.54, 1.807) is 27.7 Å². The lowest BCUT2D eigenvalue weighted by atomic mass is 9.90. The van der Waals surface area contributed by atoms with Gasteiger partial charge in [0.1, 0.15) is 6.35 Å². The maximum atomic E-state index is 12.0. The highest BCUT2D eigenvalue weighted by Gasteiger charge is 2.36. The van der Waals surface area contributed by atoms with E-state index in [9.17, 15) is 13.9 Å². The topological polar surface area (TPSA) is 46.5 Å². The summed E-state index contributed by atoms with van der Waals surface area (Å²) >= 11 is 0. The molecule has 0 rings (SSSR count). The van der Waals surface area contributed by atoms with Crippen LogP contribution in [0, 0.1) is 0 Å². The molecule has 0 saturated heterocycles. The molecule has 0 aromatic carbocycles. The quantitative estimate of drug-likeness (QED) is 0.702. The van der Waals surface area contributed by atoms with E-state index >= 15 is 0 Å². The second kappa shape index (κ2) is 3.86. The molecule has 3 nitrogen and oxygen atoms in total. The number of rotatable bonds is 4. The Morgan fingerprint density at radius 2 is 1.83 bits per heavy atom. The van der Waals surface area contributed by atoms with Gasteiger partial charge in [-0.25, -0.2) is 0 Å². The van der Waals surface area contributed by atoms with Gasteiger partial charge in [-0.1, -0.05) is 0 Å². The minimum absolute atomic E-state index is 0.429. The summed E-state index contributed by atoms with van der Waals surface area (Å²) in [5.41, 5.74) is -1.97. The molecular formula is C7H16FO3P. The molecular weight excluding hydrogens is 182 g/mol. The van der Waals surface area contributed by atoms with Crippen molar-refractivity contribution in [3.8, 4) is 0 Å². The van der Waals surface area contributed by atoms with Crippen LogP contribution in [-0.2, 0) is 9.30 Å². The molecule has 0 aliphatic rings. The maximum Gasteiger partial charge on any atom is 0.257 e. The first-order valence-corrected chi connectivity index (χ1v) is 5.21. The lowest BCUT2D eigenvalue weighted by molar-refractivity contribution is -0.135. The first kappa shape index (κ1) is 12.1. The summed E-state index contributed by atoms with van der Waals surface area (Å²) in [7, 11) is -3.11. The molecule has 0 aromatic heterocycles. The molecule has 0 heterocycles. The van der Waals surface area contributed by atoms with Gasteiger partial charge in [0.15, 0.2) is 0 Å². The van der Waals surface area contributed by atoms with Gasteiger partial charge in [0, 0.05) is 0 Å². The van der Waals surface area contributed by atoms with E-state index in [0.29, 0.717) is 0 Å². The Labute approximate surface area is 72.8 Å². The molecule has 1 atom stereocenters. The van der Waals surface area contributed by atoms with E-state index in [2.05, 4.69) is 0 Å². The Balaban J connectivity index is 4.14. The van der Waals surface area contributed by atoms with Gasteiger partial charge < -0.3 is 9.84 Å². The van der Waals surface area contributed by atoms with Gasteiger partial charge in [0.2, 0.25) is 0 Å². The number of ether oxygens (including phenoxy) is 1. The standard InChI is InChI=1S/C7H16FO3P/c1-6(2,9)7(3,4)11-5-12(8)10/h9,12H,5H2,1-4H3. The van der Waals surface area contributed by atoms with Crippen molar-refractivity contribution < 1.29 is 18.6 Å². The van der Waals surface area contributed by atoms with Crippen LogP contribution in [0.2, 0.25) is 0 Å². The van der Waals surface area contributed by atoms with Gasteiger partial charge in [-0.2, -0.15) is 4.20 Å². The smallest absolute Gasteiger partial charge is 0.257 e. The summed E-state index contributed by atoms with van der Waals surface area (Å²) in [6.07, 6.45) is -0.429. The highest BCUT2D eigenvalue weighted by atomic mass is 31.1. The van der Waals surface area contributed by atoms with Crippen molar-refractivity contribution in [3.63, 3.8) is 0 Å². The first-order chi connectivity index (χ1) is 5.17. The molecule has 0 radical (unpaired) electrons. The van der Waals surface area contributed by atoms with E-state index in [0.717, 1.165) is 0 Å². The summed E-state index contributed by atoms with van der Waals surface area (Å²) in [6.45, 7) is 6.36. The van der Waals surface area contributed by atoms with Crippen LogP contribution in [0.25, 0.3) is 0 Å². The molecule has 0 fully saturated rings. The van der Waals surface area contributed by atoms with Crippen LogP contribution in [0.1, 0.15) is 27.7 Å². The van der Waals surface area contributed by atoms with E-state index < -0.39 is 25.7 Å². The molecule has 0 aromatic rings. The summed E-state index contributed by atoms with van der Waals surface area (Å²) < 4.78 is 27.1. The van der Waals surface area contributed by atoms with E-state index in [1.807, 2.05) is 0 Å². The molecule has 0 aliphatic heterocycles. The van der Waals surface area contributed by atoms with Crippen LogP contribution in [0.4, 0.5) is 4.20 Å². The Kier molecular flexibility index (Phi) is 3.88. The number of hydrogen-bond donors (Lipinski definition) is 1. The third-order valence-corrected chi connectivity index (χ3v) is 2.39. The Morgan fingerprint density at radius 1 is 1.42 bits per heavy atom. The highest BCUT2D eigenvalue weighted by Crippen LogP contribution is 2.30. The Hall–Kier alpha value is 0.0800. The van der Waals surface area contributed by atoms with Crippen molar-refractivity contribution >= 4 is 8.11 Å². The summed E-state index contributed by atoms with van der Waals surface area (Å²) in [5.74, 6) is 0. The fourth-order valence-corrected chi connectivity index (χ4v) is 0.888. The molecule has 0 bridgehead atoms. The molecule has 1 N–H and O–H groups in total. The minimum Gasteiger partial charge on any atom is -0.387 e. The zero-order chi connectivity index (χ0) is 9.99. The molecule has 74 valence electrons. The van der Waals surface area contributed by atoms with Gasteiger partial charge in [-0.05, 0) is 27.7 Å². The SMILES string of the molecule is CC(C)(O)C(C)(C)OC[PH](=O)F. The molecule has 0 aliphatic carbocycles. The van der Waals surface area contributed by atoms with Crippen LogP contribution in [0.5, 0.6) is 0 Å². The second-order valence-electron chi connectivity index (χ2n) is 3.71. The third kappa shape index (κ3) is 3.65. The van der Waals surface area contributed by atoms with Crippen LogP contribution < -0.4 is 0 Å². The second-order valence-corrected chi connectivity index (χ2v) is 4.71. The Bertz CT molecular complexity index is 174. The average Bonchev–Trinajstić information content (AvgIpc) is 1.81. The van der Waals surface area contributed by atoms with Gasteiger partial charge in [0.05, 0.1) is 11.2 Å². The largest absolute Gasteiger partial charge is 0.387 e. The predicted molar refractivity (Wildman–Crippen MR) is 46.4 cm³/mol. The normalized spacial score (nSPS) is 16.2. The van der Waals surface area contributed by atoms with Crippen LogP contribution in [0.15, 0.2) is 0 Å². The van der Waals surface area contributed by atoms with Gasteiger partial charge in [-0.3, -0.25) is 4.57 Å². The highest BCUT2D eigenvalue weighted by molar-refractivity contribution is 7.38. The van der Waals surface area contributed by atoms with Crippen molar-refractivity contribution in [1.82, 2.24) is 0 Å². The molecule has 0 spiro atoms. The van der Waals surface area contributed by atoms with E-state index in [-0.39, 0.29) is 0 Å². The van der Waals surface area contributed by atoms with Crippen LogP contribution in [0.3, 0.4) is 0 Å². The lowest BCUT2D eigenvalue weighted by Crippen LogP contribution is -2.47. The van der Waals surface area contributed by atoms with Crippen molar-refractivity contribution in [3.05, 3.63) is 0 Å². The van der Waals surface area contributed by atoms with Crippen LogP contribution >= 0.6 is 8.11 Å². The van der Waals surface area contributed by atoms with Crippen molar-refractivity contribution in [2.45, 2.75) is 38.9 Å². The zero-order valence-corrected chi connectivity index (χ0v) is 8.85. The fourth-order valence-electron chi connectivity index (χ4n) is 0.414. The molecule has 1 unspecified atom stereocenters. The first-order valence-electron chi connectivity index (χ1n) is 3.71. The number of aliphatic hydroxyl groups is 1. The summed E-state index contributed by atoms with van der Waals surface area (Å²) in [5, 5.41) is 9.52. The summed E-state index contributed by atoms with van der Waals surface area (Å²) in [4.78, 5) is 0. The minimum atomic E-state index is -3.11. The zero-order valence-electron chi connectivity index (χ0n) is 7.85. The van der Waals surface area contributed by atoms with Crippen LogP contribution in [-0.4, -0.2) is 22.7 Å². The maximum absolute atomic E-state index is 12.0. The molecule has 5 heteroatoms. The van der Waals surface area contributed by atoms with Gasteiger partial charge in [0.25, 0.3) is 8.11 Å². The third-order valence-electron chi connectivity index (χ3n) is 2.02. The van der Waals surface area contributed by atoms with Gasteiger partial charge in [-0.15, -0.1) is 0 Å². The summed E-state index contributed by atoms with van der Waals surface area (Å²) in [6, 6.07) is 0. The van der Waals surface area contributed by atoms with Crippen molar-refractivity contribution in [2.24, 2.45) is 0 Å². The Morgan fingerprint density at radius 3 is 2.08 bits per heavy atom. The van der Waals surface area contributed by atoms with E-state index in [1.165, 1.54) is 0 Å². The van der Waals surface area contributed by atoms with E-state index in [4.69, 9.17) is 4.74 Å². The van der Waals surface area contributed by atoms with Gasteiger partial charge >= 0.3 is 0 Å². The molecule has 0 saturated carbocycles. The van der Waals surface area contributed by atoms with Crippen molar-refractivity contribution in [2.75, 3.05) is 6.35 Å².